The summed E-state index contributed by atoms with van der Waals surface area (Å²) in [5.41, 5.74) is 1.38. The van der Waals surface area contributed by atoms with E-state index in [1.807, 2.05) is 0 Å². The summed E-state index contributed by atoms with van der Waals surface area (Å²) in [6.07, 6.45) is 0. The average Bonchev–Trinajstić information content (AvgIpc) is 2.60. The Labute approximate surface area is 154 Å². The van der Waals surface area contributed by atoms with Crippen LogP contribution in [-0.2, 0) is 9.53 Å². The Bertz CT molecular complexity index is 767. The molecule has 0 aromatic heterocycles. The van der Waals surface area contributed by atoms with E-state index < -0.39 is 5.97 Å². The van der Waals surface area contributed by atoms with E-state index in [-0.39, 0.29) is 24.2 Å². The molecule has 2 aromatic rings. The lowest BCUT2D eigenvalue weighted by Crippen LogP contribution is -2.18. The second-order valence-corrected chi connectivity index (χ2v) is 6.64. The lowest BCUT2D eigenvalue weighted by Gasteiger charge is -2.08. The highest BCUT2D eigenvalue weighted by atomic mass is 79.9. The lowest BCUT2D eigenvalue weighted by atomic mass is 10.1. The van der Waals surface area contributed by atoms with Crippen molar-refractivity contribution in [2.75, 3.05) is 11.9 Å². The molecule has 1 amide bonds. The standard InChI is InChI=1S/C19H18BrNO4/c1-12(2)18(23)21-16-9-5-14(6-10-16)19(24)25-11-17(22)13-3-7-15(20)8-4-13/h3-10,12H,11H2,1-2H3,(H,21,23). The molecule has 0 radical (unpaired) electrons. The van der Waals surface area contributed by atoms with Gasteiger partial charge in [-0.25, -0.2) is 4.79 Å². The third-order valence-corrected chi connectivity index (χ3v) is 3.94. The van der Waals surface area contributed by atoms with Crippen LogP contribution in [0.25, 0.3) is 0 Å². The van der Waals surface area contributed by atoms with Crippen LogP contribution in [0.1, 0.15) is 34.6 Å². The number of Topliss-reactive ketones (excluding diaryl/α,β-unsaturated/α-hetero) is 1. The van der Waals surface area contributed by atoms with Gasteiger partial charge in [-0.1, -0.05) is 41.9 Å². The van der Waals surface area contributed by atoms with Gasteiger partial charge in [0, 0.05) is 21.6 Å². The van der Waals surface area contributed by atoms with Gasteiger partial charge in [0.1, 0.15) is 0 Å². The van der Waals surface area contributed by atoms with Crippen molar-refractivity contribution >= 4 is 39.3 Å². The number of carbonyl (C=O) groups is 3. The van der Waals surface area contributed by atoms with Crippen LogP contribution in [0.4, 0.5) is 5.69 Å². The zero-order valence-electron chi connectivity index (χ0n) is 13.9. The summed E-state index contributed by atoms with van der Waals surface area (Å²) in [5, 5.41) is 2.73. The number of halogens is 1. The van der Waals surface area contributed by atoms with Gasteiger partial charge in [-0.05, 0) is 36.4 Å². The Morgan fingerprint density at radius 1 is 0.960 bits per heavy atom. The first kappa shape index (κ1) is 18.9. The van der Waals surface area contributed by atoms with Gasteiger partial charge in [-0.2, -0.15) is 0 Å². The van der Waals surface area contributed by atoms with Gasteiger partial charge in [0.15, 0.2) is 12.4 Å². The molecule has 130 valence electrons. The van der Waals surface area contributed by atoms with Crippen LogP contribution in [0.5, 0.6) is 0 Å². The Kier molecular flexibility index (Phi) is 6.47. The maximum absolute atomic E-state index is 12.0. The molecule has 25 heavy (non-hydrogen) atoms. The van der Waals surface area contributed by atoms with Crippen molar-refractivity contribution < 1.29 is 19.1 Å². The van der Waals surface area contributed by atoms with Crippen molar-refractivity contribution in [1.82, 2.24) is 0 Å². The van der Waals surface area contributed by atoms with E-state index in [0.717, 1.165) is 4.47 Å². The fraction of sp³-hybridized carbons (Fsp3) is 0.211. The fourth-order valence-electron chi connectivity index (χ4n) is 1.91. The fourth-order valence-corrected chi connectivity index (χ4v) is 2.17. The van der Waals surface area contributed by atoms with E-state index in [9.17, 15) is 14.4 Å². The third kappa shape index (κ3) is 5.53. The molecular weight excluding hydrogens is 386 g/mol. The molecule has 6 heteroatoms. The van der Waals surface area contributed by atoms with Crippen molar-refractivity contribution in [2.45, 2.75) is 13.8 Å². The first-order valence-corrected chi connectivity index (χ1v) is 8.53. The predicted octanol–water partition coefficient (Wildman–Crippen LogP) is 4.08. The van der Waals surface area contributed by atoms with Crippen LogP contribution in [0.15, 0.2) is 53.0 Å². The van der Waals surface area contributed by atoms with E-state index in [4.69, 9.17) is 4.74 Å². The second-order valence-electron chi connectivity index (χ2n) is 5.73. The van der Waals surface area contributed by atoms with Crippen molar-refractivity contribution in [3.05, 3.63) is 64.1 Å². The zero-order chi connectivity index (χ0) is 18.4. The highest BCUT2D eigenvalue weighted by Crippen LogP contribution is 2.13. The molecular formula is C19H18BrNO4. The Morgan fingerprint density at radius 2 is 1.52 bits per heavy atom. The molecule has 0 heterocycles. The number of nitrogens with one attached hydrogen (secondary N) is 1. The monoisotopic (exact) mass is 403 g/mol. The van der Waals surface area contributed by atoms with Crippen LogP contribution < -0.4 is 5.32 Å². The normalized spacial score (nSPS) is 10.4. The number of carbonyl (C=O) groups excluding carboxylic acids is 3. The highest BCUT2D eigenvalue weighted by Gasteiger charge is 2.12. The zero-order valence-corrected chi connectivity index (χ0v) is 15.5. The van der Waals surface area contributed by atoms with Crippen molar-refractivity contribution in [1.29, 1.82) is 0 Å². The Hall–Kier alpha value is -2.47. The topological polar surface area (TPSA) is 72.5 Å². The maximum Gasteiger partial charge on any atom is 0.338 e. The minimum absolute atomic E-state index is 0.101. The van der Waals surface area contributed by atoms with Gasteiger partial charge in [0.05, 0.1) is 5.56 Å². The Balaban J connectivity index is 1.91. The molecule has 2 aromatic carbocycles. The Morgan fingerprint density at radius 3 is 2.08 bits per heavy atom. The summed E-state index contributed by atoms with van der Waals surface area (Å²) >= 11 is 3.29. The van der Waals surface area contributed by atoms with E-state index in [2.05, 4.69) is 21.2 Å². The number of hydrogen-bond acceptors (Lipinski definition) is 4. The minimum Gasteiger partial charge on any atom is -0.454 e. The van der Waals surface area contributed by atoms with Gasteiger partial charge < -0.3 is 10.1 Å². The average molecular weight is 404 g/mol. The first-order valence-electron chi connectivity index (χ1n) is 7.73. The number of ether oxygens (including phenoxy) is 1. The van der Waals surface area contributed by atoms with E-state index in [1.165, 1.54) is 0 Å². The number of hydrogen-bond donors (Lipinski definition) is 1. The minimum atomic E-state index is -0.591. The lowest BCUT2D eigenvalue weighted by molar-refractivity contribution is -0.118. The van der Waals surface area contributed by atoms with Gasteiger partial charge in [-0.15, -0.1) is 0 Å². The first-order chi connectivity index (χ1) is 11.9. The van der Waals surface area contributed by atoms with Crippen LogP contribution in [-0.4, -0.2) is 24.3 Å². The summed E-state index contributed by atoms with van der Waals surface area (Å²) < 4.78 is 5.91. The van der Waals surface area contributed by atoms with Gasteiger partial charge in [0.2, 0.25) is 5.91 Å². The molecule has 0 saturated carbocycles. The summed E-state index contributed by atoms with van der Waals surface area (Å²) in [4.78, 5) is 35.6. The van der Waals surface area contributed by atoms with Crippen molar-refractivity contribution in [2.24, 2.45) is 5.92 Å². The van der Waals surface area contributed by atoms with Crippen molar-refractivity contribution in [3.8, 4) is 0 Å². The van der Waals surface area contributed by atoms with Crippen LogP contribution in [0.2, 0.25) is 0 Å². The molecule has 0 spiro atoms. The molecule has 1 N–H and O–H groups in total. The summed E-state index contributed by atoms with van der Waals surface area (Å²) in [5.74, 6) is -1.10. The maximum atomic E-state index is 12.0. The van der Waals surface area contributed by atoms with Gasteiger partial charge in [-0.3, -0.25) is 9.59 Å². The molecule has 0 aliphatic carbocycles. The number of rotatable bonds is 6. The van der Waals surface area contributed by atoms with Gasteiger partial charge in [0.25, 0.3) is 0 Å². The van der Waals surface area contributed by atoms with E-state index in [1.54, 1.807) is 62.4 Å². The molecule has 5 nitrogen and oxygen atoms in total. The van der Waals surface area contributed by atoms with E-state index in [0.29, 0.717) is 16.8 Å². The number of anilines is 1. The summed E-state index contributed by atoms with van der Waals surface area (Å²) in [6.45, 7) is 3.26. The molecule has 0 aliphatic rings. The van der Waals surface area contributed by atoms with Crippen LogP contribution in [0, 0.1) is 5.92 Å². The molecule has 0 fully saturated rings. The molecule has 0 unspecified atom stereocenters. The smallest absolute Gasteiger partial charge is 0.338 e. The highest BCUT2D eigenvalue weighted by molar-refractivity contribution is 9.10. The number of benzene rings is 2. The second kappa shape index (κ2) is 8.58. The molecule has 0 saturated heterocycles. The molecule has 0 aliphatic heterocycles. The molecule has 0 atom stereocenters. The number of ketones is 1. The molecule has 2 rings (SSSR count). The summed E-state index contributed by atoms with van der Waals surface area (Å²) in [7, 11) is 0. The largest absolute Gasteiger partial charge is 0.454 e. The number of amides is 1. The van der Waals surface area contributed by atoms with Gasteiger partial charge >= 0.3 is 5.97 Å². The van der Waals surface area contributed by atoms with Crippen LogP contribution >= 0.6 is 15.9 Å². The van der Waals surface area contributed by atoms with Crippen molar-refractivity contribution in [3.63, 3.8) is 0 Å². The van der Waals surface area contributed by atoms with Crippen LogP contribution in [0.3, 0.4) is 0 Å². The predicted molar refractivity (Wildman–Crippen MR) is 98.7 cm³/mol. The quantitative estimate of drug-likeness (QED) is 0.582. The summed E-state index contributed by atoms with van der Waals surface area (Å²) in [6, 6.07) is 13.1. The molecule has 0 bridgehead atoms. The number of esters is 1. The third-order valence-electron chi connectivity index (χ3n) is 3.41. The SMILES string of the molecule is CC(C)C(=O)Nc1ccc(C(=O)OCC(=O)c2ccc(Br)cc2)cc1. The van der Waals surface area contributed by atoms with E-state index >= 15 is 0 Å².